The van der Waals surface area contributed by atoms with Crippen LogP contribution in [0.25, 0.3) is 0 Å². The number of aliphatic hydroxyl groups is 1. The maximum absolute atomic E-state index is 9.50. The van der Waals surface area contributed by atoms with E-state index in [0.29, 0.717) is 6.61 Å². The standard InChI is InChI=1S/C14H15ClO2S/c1-9-7-11(10(2)16)3-5-13(9)17-8-12-4-6-14(15)18-12/h3-7,10,16H,8H2,1-2H3. The Morgan fingerprint density at radius 1 is 1.33 bits per heavy atom. The van der Waals surface area contributed by atoms with Gasteiger partial charge in [0.2, 0.25) is 0 Å². The molecular formula is C14H15ClO2S. The lowest BCUT2D eigenvalue weighted by atomic mass is 10.1. The summed E-state index contributed by atoms with van der Waals surface area (Å²) in [5.74, 6) is 0.837. The predicted octanol–water partition coefficient (Wildman–Crippen LogP) is 4.34. The maximum Gasteiger partial charge on any atom is 0.123 e. The fraction of sp³-hybridized carbons (Fsp3) is 0.286. The number of benzene rings is 1. The van der Waals surface area contributed by atoms with Gasteiger partial charge in [-0.2, -0.15) is 0 Å². The van der Waals surface area contributed by atoms with Crippen molar-refractivity contribution in [1.82, 2.24) is 0 Å². The van der Waals surface area contributed by atoms with Crippen LogP contribution < -0.4 is 4.74 Å². The molecule has 0 aliphatic heterocycles. The summed E-state index contributed by atoms with van der Waals surface area (Å²) in [4.78, 5) is 1.10. The highest BCUT2D eigenvalue weighted by molar-refractivity contribution is 7.16. The maximum atomic E-state index is 9.50. The predicted molar refractivity (Wildman–Crippen MR) is 75.5 cm³/mol. The number of hydrogen-bond donors (Lipinski definition) is 1. The number of hydrogen-bond acceptors (Lipinski definition) is 3. The first-order valence-electron chi connectivity index (χ1n) is 5.72. The summed E-state index contributed by atoms with van der Waals surface area (Å²) in [6, 6.07) is 9.56. The lowest BCUT2D eigenvalue weighted by Crippen LogP contribution is -1.97. The van der Waals surface area contributed by atoms with E-state index < -0.39 is 6.10 Å². The van der Waals surface area contributed by atoms with Crippen molar-refractivity contribution in [2.75, 3.05) is 0 Å². The summed E-state index contributed by atoms with van der Waals surface area (Å²) in [6.07, 6.45) is -0.450. The third-order valence-electron chi connectivity index (χ3n) is 2.68. The Balaban J connectivity index is 2.05. The number of aryl methyl sites for hydroxylation is 1. The molecule has 4 heteroatoms. The largest absolute Gasteiger partial charge is 0.488 e. The number of halogens is 1. The molecular weight excluding hydrogens is 268 g/mol. The van der Waals surface area contributed by atoms with Crippen LogP contribution in [0.2, 0.25) is 4.34 Å². The minimum atomic E-state index is -0.450. The summed E-state index contributed by atoms with van der Waals surface area (Å²) < 4.78 is 6.51. The summed E-state index contributed by atoms with van der Waals surface area (Å²) >= 11 is 7.39. The van der Waals surface area contributed by atoms with Crippen molar-refractivity contribution < 1.29 is 9.84 Å². The Hall–Kier alpha value is -1.03. The van der Waals surface area contributed by atoms with E-state index in [1.807, 2.05) is 37.3 Å². The molecule has 0 spiro atoms. The molecule has 1 aromatic heterocycles. The summed E-state index contributed by atoms with van der Waals surface area (Å²) in [5, 5.41) is 9.50. The van der Waals surface area contributed by atoms with Crippen LogP contribution in [0.3, 0.4) is 0 Å². The molecule has 0 radical (unpaired) electrons. The zero-order valence-electron chi connectivity index (χ0n) is 10.3. The van der Waals surface area contributed by atoms with Crippen LogP contribution in [0.1, 0.15) is 29.0 Å². The summed E-state index contributed by atoms with van der Waals surface area (Å²) in [5.41, 5.74) is 1.93. The highest BCUT2D eigenvalue weighted by Gasteiger charge is 2.06. The normalized spacial score (nSPS) is 12.4. The second-order valence-electron chi connectivity index (χ2n) is 4.20. The molecule has 0 amide bonds. The molecule has 0 saturated carbocycles. The summed E-state index contributed by atoms with van der Waals surface area (Å²) in [6.45, 7) is 4.25. The van der Waals surface area contributed by atoms with Crippen molar-refractivity contribution in [3.8, 4) is 5.75 Å². The van der Waals surface area contributed by atoms with E-state index in [4.69, 9.17) is 16.3 Å². The average Bonchev–Trinajstić information content (AvgIpc) is 2.73. The fourth-order valence-electron chi connectivity index (χ4n) is 1.67. The van der Waals surface area contributed by atoms with Crippen LogP contribution in [0.5, 0.6) is 5.75 Å². The van der Waals surface area contributed by atoms with Crippen molar-refractivity contribution in [3.05, 3.63) is 50.7 Å². The monoisotopic (exact) mass is 282 g/mol. The Bertz CT molecular complexity index is 534. The van der Waals surface area contributed by atoms with Gasteiger partial charge in [0.25, 0.3) is 0 Å². The van der Waals surface area contributed by atoms with Gasteiger partial charge in [0, 0.05) is 4.88 Å². The third kappa shape index (κ3) is 3.25. The van der Waals surface area contributed by atoms with E-state index in [2.05, 4.69) is 0 Å². The Morgan fingerprint density at radius 3 is 2.67 bits per heavy atom. The molecule has 0 saturated heterocycles. The first kappa shape index (κ1) is 13.4. The quantitative estimate of drug-likeness (QED) is 0.904. The van der Waals surface area contributed by atoms with Gasteiger partial charge >= 0.3 is 0 Å². The fourth-order valence-corrected chi connectivity index (χ4v) is 2.67. The van der Waals surface area contributed by atoms with Crippen LogP contribution in [0, 0.1) is 6.92 Å². The molecule has 96 valence electrons. The molecule has 1 unspecified atom stereocenters. The van der Waals surface area contributed by atoms with Gasteiger partial charge in [0.15, 0.2) is 0 Å². The van der Waals surface area contributed by atoms with E-state index in [9.17, 15) is 5.11 Å². The smallest absolute Gasteiger partial charge is 0.123 e. The molecule has 0 bridgehead atoms. The number of rotatable bonds is 4. The van der Waals surface area contributed by atoms with E-state index in [-0.39, 0.29) is 0 Å². The van der Waals surface area contributed by atoms with Gasteiger partial charge in [0.1, 0.15) is 12.4 Å². The molecule has 1 heterocycles. The van der Waals surface area contributed by atoms with Crippen molar-refractivity contribution in [1.29, 1.82) is 0 Å². The molecule has 2 aromatic rings. The third-order valence-corrected chi connectivity index (χ3v) is 3.88. The van der Waals surface area contributed by atoms with Gasteiger partial charge in [-0.25, -0.2) is 0 Å². The molecule has 0 fully saturated rings. The second-order valence-corrected chi connectivity index (χ2v) is 6.00. The lowest BCUT2D eigenvalue weighted by molar-refractivity contribution is 0.199. The van der Waals surface area contributed by atoms with Crippen LogP contribution in [-0.2, 0) is 6.61 Å². The average molecular weight is 283 g/mol. The Kier molecular flexibility index (Phi) is 4.27. The number of ether oxygens (including phenoxy) is 1. The Morgan fingerprint density at radius 2 is 2.11 bits per heavy atom. The molecule has 2 rings (SSSR count). The zero-order valence-corrected chi connectivity index (χ0v) is 11.9. The van der Waals surface area contributed by atoms with E-state index in [1.54, 1.807) is 6.92 Å². The first-order chi connectivity index (χ1) is 8.56. The van der Waals surface area contributed by atoms with Crippen LogP contribution >= 0.6 is 22.9 Å². The van der Waals surface area contributed by atoms with E-state index >= 15 is 0 Å². The van der Waals surface area contributed by atoms with Crippen molar-refractivity contribution >= 4 is 22.9 Å². The molecule has 1 N–H and O–H groups in total. The van der Waals surface area contributed by atoms with Crippen molar-refractivity contribution in [2.24, 2.45) is 0 Å². The Labute approximate surface area is 116 Å². The van der Waals surface area contributed by atoms with Crippen LogP contribution in [0.4, 0.5) is 0 Å². The van der Waals surface area contributed by atoms with Crippen molar-refractivity contribution in [3.63, 3.8) is 0 Å². The second kappa shape index (κ2) is 5.74. The van der Waals surface area contributed by atoms with E-state index in [0.717, 1.165) is 26.1 Å². The van der Waals surface area contributed by atoms with Gasteiger partial charge < -0.3 is 9.84 Å². The SMILES string of the molecule is Cc1cc(C(C)O)ccc1OCc1ccc(Cl)s1. The van der Waals surface area contributed by atoms with Crippen molar-refractivity contribution in [2.45, 2.75) is 26.6 Å². The van der Waals surface area contributed by atoms with Gasteiger partial charge in [0.05, 0.1) is 10.4 Å². The molecule has 18 heavy (non-hydrogen) atoms. The topological polar surface area (TPSA) is 29.5 Å². The van der Waals surface area contributed by atoms with Crippen LogP contribution in [-0.4, -0.2) is 5.11 Å². The number of thiophene rings is 1. The van der Waals surface area contributed by atoms with Gasteiger partial charge in [-0.1, -0.05) is 17.7 Å². The van der Waals surface area contributed by atoms with Crippen LogP contribution in [0.15, 0.2) is 30.3 Å². The molecule has 0 aliphatic rings. The summed E-state index contributed by atoms with van der Waals surface area (Å²) in [7, 11) is 0. The van der Waals surface area contributed by atoms with Gasteiger partial charge in [-0.15, -0.1) is 11.3 Å². The molecule has 2 nitrogen and oxygen atoms in total. The molecule has 1 atom stereocenters. The minimum Gasteiger partial charge on any atom is -0.488 e. The zero-order chi connectivity index (χ0) is 13.1. The lowest BCUT2D eigenvalue weighted by Gasteiger charge is -2.11. The molecule has 0 aliphatic carbocycles. The highest BCUT2D eigenvalue weighted by Crippen LogP contribution is 2.26. The van der Waals surface area contributed by atoms with Gasteiger partial charge in [-0.3, -0.25) is 0 Å². The number of aliphatic hydroxyl groups excluding tert-OH is 1. The first-order valence-corrected chi connectivity index (χ1v) is 6.91. The minimum absolute atomic E-state index is 0.450. The molecule has 1 aromatic carbocycles. The highest BCUT2D eigenvalue weighted by atomic mass is 35.5. The van der Waals surface area contributed by atoms with E-state index in [1.165, 1.54) is 11.3 Å². The van der Waals surface area contributed by atoms with Gasteiger partial charge in [-0.05, 0) is 49.2 Å².